The highest BCUT2D eigenvalue weighted by atomic mass is 32.2. The van der Waals surface area contributed by atoms with Gasteiger partial charge in [0, 0.05) is 13.1 Å². The van der Waals surface area contributed by atoms with Gasteiger partial charge in [-0.15, -0.1) is 5.11 Å². The van der Waals surface area contributed by atoms with Crippen LogP contribution < -0.4 is 4.90 Å². The van der Waals surface area contributed by atoms with E-state index in [9.17, 15) is 16.8 Å². The topological polar surface area (TPSA) is 115 Å². The zero-order valence-electron chi connectivity index (χ0n) is 17.1. The minimum Gasteiger partial charge on any atom is -0.365 e. The Balaban J connectivity index is 2.29. The molecule has 9 nitrogen and oxygen atoms in total. The second kappa shape index (κ2) is 10.6. The molecule has 2 aromatic carbocycles. The Morgan fingerprint density at radius 2 is 1.40 bits per heavy atom. The Hall–Kier alpha value is -2.34. The number of anilines is 1. The molecular weight excluding hydrogens is 430 g/mol. The van der Waals surface area contributed by atoms with Crippen LogP contribution >= 0.6 is 0 Å². The van der Waals surface area contributed by atoms with E-state index < -0.39 is 20.2 Å². The predicted molar refractivity (Wildman–Crippen MR) is 116 cm³/mol. The summed E-state index contributed by atoms with van der Waals surface area (Å²) >= 11 is 0. The van der Waals surface area contributed by atoms with Crippen molar-refractivity contribution in [2.45, 2.75) is 6.92 Å². The van der Waals surface area contributed by atoms with Gasteiger partial charge in [-0.2, -0.15) is 21.9 Å². The third-order valence-electron chi connectivity index (χ3n) is 3.82. The fraction of sp³-hybridized carbons (Fsp3) is 0.368. The lowest BCUT2D eigenvalue weighted by Gasteiger charge is -2.25. The maximum Gasteiger partial charge on any atom is 0.264 e. The number of nitrogens with zero attached hydrogens (tertiary/aromatic N) is 3. The lowest BCUT2D eigenvalue weighted by Crippen LogP contribution is -2.32. The number of rotatable bonds is 11. The number of azo groups is 1. The summed E-state index contributed by atoms with van der Waals surface area (Å²) in [5.41, 5.74) is 2.82. The minimum atomic E-state index is -3.61. The van der Waals surface area contributed by atoms with Gasteiger partial charge in [0.25, 0.3) is 20.2 Å². The largest absolute Gasteiger partial charge is 0.365 e. The predicted octanol–water partition coefficient (Wildman–Crippen LogP) is 3.17. The molecule has 2 aromatic rings. The number of aryl methyl sites for hydroxylation is 1. The van der Waals surface area contributed by atoms with Crippen molar-refractivity contribution in [2.75, 3.05) is 43.7 Å². The quantitative estimate of drug-likeness (QED) is 0.377. The van der Waals surface area contributed by atoms with Crippen molar-refractivity contribution in [3.05, 3.63) is 54.1 Å². The molecule has 0 aliphatic heterocycles. The van der Waals surface area contributed by atoms with Gasteiger partial charge in [-0.05, 0) is 36.8 Å². The van der Waals surface area contributed by atoms with Gasteiger partial charge in [-0.1, -0.05) is 24.3 Å². The average Bonchev–Trinajstić information content (AvgIpc) is 2.65. The summed E-state index contributed by atoms with van der Waals surface area (Å²) in [6.45, 7) is 2.04. The van der Waals surface area contributed by atoms with Crippen molar-refractivity contribution in [1.82, 2.24) is 0 Å². The van der Waals surface area contributed by atoms with E-state index in [4.69, 9.17) is 8.37 Å². The van der Waals surface area contributed by atoms with E-state index in [-0.39, 0.29) is 26.3 Å². The molecule has 0 fully saturated rings. The van der Waals surface area contributed by atoms with Crippen LogP contribution in [0.2, 0.25) is 0 Å². The van der Waals surface area contributed by atoms with Crippen LogP contribution in [-0.4, -0.2) is 55.7 Å². The van der Waals surface area contributed by atoms with E-state index in [1.807, 2.05) is 49.4 Å². The van der Waals surface area contributed by atoms with E-state index in [1.54, 1.807) is 11.0 Å². The second-order valence-corrected chi connectivity index (χ2v) is 9.85. The fourth-order valence-electron chi connectivity index (χ4n) is 2.53. The first-order chi connectivity index (χ1) is 14.0. The Kier molecular flexibility index (Phi) is 8.47. The number of hydrogen-bond donors (Lipinski definition) is 0. The maximum atomic E-state index is 11.3. The van der Waals surface area contributed by atoms with Gasteiger partial charge in [-0.25, -0.2) is 0 Å². The third kappa shape index (κ3) is 8.99. The standard InChI is InChI=1S/C19H25N3O6S2/c1-16-9-10-18(21-20-17-7-5-4-6-8-17)19(15-16)22(11-13-27-29(2,23)24)12-14-28-30(3,25)26/h4-10,15H,11-14H2,1-3H3. The van der Waals surface area contributed by atoms with Gasteiger partial charge >= 0.3 is 0 Å². The molecule has 2 rings (SSSR count). The molecule has 0 aliphatic rings. The highest BCUT2D eigenvalue weighted by Gasteiger charge is 2.15. The molecule has 0 aromatic heterocycles. The first kappa shape index (κ1) is 23.9. The summed E-state index contributed by atoms with van der Waals surface area (Å²) in [6.07, 6.45) is 1.94. The van der Waals surface area contributed by atoms with Crippen LogP contribution in [0.1, 0.15) is 5.56 Å². The average molecular weight is 456 g/mol. The van der Waals surface area contributed by atoms with Crippen LogP contribution in [0.3, 0.4) is 0 Å². The van der Waals surface area contributed by atoms with Crippen molar-refractivity contribution in [1.29, 1.82) is 0 Å². The van der Waals surface area contributed by atoms with E-state index >= 15 is 0 Å². The Morgan fingerprint density at radius 3 is 1.93 bits per heavy atom. The molecule has 0 aliphatic carbocycles. The first-order valence-corrected chi connectivity index (χ1v) is 12.7. The monoisotopic (exact) mass is 455 g/mol. The zero-order valence-corrected chi connectivity index (χ0v) is 18.7. The Bertz CT molecular complexity index is 1030. The molecule has 164 valence electrons. The lowest BCUT2D eigenvalue weighted by molar-refractivity contribution is 0.309. The molecule has 0 radical (unpaired) electrons. The summed E-state index contributed by atoms with van der Waals surface area (Å²) in [6, 6.07) is 14.7. The van der Waals surface area contributed by atoms with Gasteiger partial charge in [0.1, 0.15) is 5.69 Å². The highest BCUT2D eigenvalue weighted by molar-refractivity contribution is 7.86. The zero-order chi connectivity index (χ0) is 22.2. The van der Waals surface area contributed by atoms with Crippen molar-refractivity contribution >= 4 is 37.3 Å². The van der Waals surface area contributed by atoms with Crippen LogP contribution in [0.15, 0.2) is 58.8 Å². The summed E-state index contributed by atoms with van der Waals surface area (Å²) in [7, 11) is -7.21. The van der Waals surface area contributed by atoms with Crippen molar-refractivity contribution in [2.24, 2.45) is 10.2 Å². The molecule has 0 spiro atoms. The Labute approximate surface area is 177 Å². The van der Waals surface area contributed by atoms with Crippen LogP contribution in [0.4, 0.5) is 17.1 Å². The Morgan fingerprint density at radius 1 is 0.833 bits per heavy atom. The van der Waals surface area contributed by atoms with E-state index in [0.29, 0.717) is 17.1 Å². The molecule has 0 N–H and O–H groups in total. The normalized spacial score (nSPS) is 12.4. The van der Waals surface area contributed by atoms with Crippen LogP contribution in [-0.2, 0) is 28.6 Å². The molecule has 0 atom stereocenters. The van der Waals surface area contributed by atoms with Gasteiger partial charge in [0.15, 0.2) is 0 Å². The summed E-state index contributed by atoms with van der Waals surface area (Å²) in [5.74, 6) is 0. The van der Waals surface area contributed by atoms with Crippen LogP contribution in [0.25, 0.3) is 0 Å². The molecular formula is C19H25N3O6S2. The lowest BCUT2D eigenvalue weighted by atomic mass is 10.1. The molecule has 0 saturated heterocycles. The van der Waals surface area contributed by atoms with Crippen molar-refractivity contribution < 1.29 is 25.2 Å². The third-order valence-corrected chi connectivity index (χ3v) is 5.01. The van der Waals surface area contributed by atoms with E-state index in [1.165, 1.54) is 0 Å². The maximum absolute atomic E-state index is 11.3. The molecule has 30 heavy (non-hydrogen) atoms. The van der Waals surface area contributed by atoms with E-state index in [0.717, 1.165) is 18.1 Å². The summed E-state index contributed by atoms with van der Waals surface area (Å²) in [5, 5.41) is 8.55. The van der Waals surface area contributed by atoms with Crippen LogP contribution in [0, 0.1) is 6.92 Å². The summed E-state index contributed by atoms with van der Waals surface area (Å²) in [4.78, 5) is 1.75. The van der Waals surface area contributed by atoms with Crippen molar-refractivity contribution in [3.63, 3.8) is 0 Å². The smallest absolute Gasteiger partial charge is 0.264 e. The number of hydrogen-bond acceptors (Lipinski definition) is 9. The summed E-state index contributed by atoms with van der Waals surface area (Å²) < 4.78 is 54.9. The number of benzene rings is 2. The molecule has 11 heteroatoms. The van der Waals surface area contributed by atoms with Crippen molar-refractivity contribution in [3.8, 4) is 0 Å². The second-order valence-electron chi connectivity index (χ2n) is 6.57. The van der Waals surface area contributed by atoms with Gasteiger partial charge in [0.05, 0.1) is 37.1 Å². The molecule has 0 saturated carbocycles. The fourth-order valence-corrected chi connectivity index (χ4v) is 3.28. The molecule has 0 heterocycles. The molecule has 0 unspecified atom stereocenters. The molecule has 0 amide bonds. The highest BCUT2D eigenvalue weighted by Crippen LogP contribution is 2.31. The van der Waals surface area contributed by atoms with Gasteiger partial charge in [-0.3, -0.25) is 8.37 Å². The molecule has 0 bridgehead atoms. The SMILES string of the molecule is Cc1ccc(N=Nc2ccccc2)c(N(CCOS(C)(=O)=O)CCOS(C)(=O)=O)c1. The van der Waals surface area contributed by atoms with Gasteiger partial charge in [0.2, 0.25) is 0 Å². The first-order valence-electron chi connectivity index (χ1n) is 9.05. The van der Waals surface area contributed by atoms with Crippen LogP contribution in [0.5, 0.6) is 0 Å². The van der Waals surface area contributed by atoms with E-state index in [2.05, 4.69) is 10.2 Å². The van der Waals surface area contributed by atoms with Gasteiger partial charge < -0.3 is 4.90 Å². The minimum absolute atomic E-state index is 0.110.